The number of rotatable bonds is 1. The smallest absolute Gasteiger partial charge is 0.284 e. The lowest BCUT2D eigenvalue weighted by molar-refractivity contribution is -0.526. The molecule has 1 N–H and O–H groups in total. The van der Waals surface area contributed by atoms with E-state index in [1.54, 1.807) is 13.8 Å². The van der Waals surface area contributed by atoms with Crippen LogP contribution in [0.5, 0.6) is 0 Å². The quantitative estimate of drug-likeness (QED) is 0.542. The molecule has 1 aliphatic heterocycles. The molecule has 0 aromatic heterocycles. The van der Waals surface area contributed by atoms with Crippen molar-refractivity contribution >= 4 is 0 Å². The Kier molecular flexibility index (Phi) is 1.27. The second kappa shape index (κ2) is 1.69. The van der Waals surface area contributed by atoms with Crippen LogP contribution in [-0.2, 0) is 9.47 Å². The van der Waals surface area contributed by atoms with E-state index in [-0.39, 0.29) is 6.29 Å². The summed E-state index contributed by atoms with van der Waals surface area (Å²) in [4.78, 5) is 0. The second-order valence-electron chi connectivity index (χ2n) is 1.87. The Morgan fingerprint density at radius 3 is 2.25 bits per heavy atom. The second-order valence-corrected chi connectivity index (χ2v) is 1.87. The van der Waals surface area contributed by atoms with Crippen LogP contribution in [0.15, 0.2) is 0 Å². The Morgan fingerprint density at radius 2 is 2.12 bits per heavy atom. The predicted octanol–water partition coefficient (Wildman–Crippen LogP) is 0.435. The van der Waals surface area contributed by atoms with Gasteiger partial charge in [0.25, 0.3) is 5.97 Å². The van der Waals surface area contributed by atoms with Crippen molar-refractivity contribution in [3.8, 4) is 0 Å². The molecular formula is C5H10O3. The van der Waals surface area contributed by atoms with Gasteiger partial charge in [-0.15, -0.1) is 0 Å². The first kappa shape index (κ1) is 6.01. The van der Waals surface area contributed by atoms with E-state index in [0.29, 0.717) is 6.42 Å². The lowest BCUT2D eigenvalue weighted by atomic mass is 10.4. The van der Waals surface area contributed by atoms with E-state index >= 15 is 0 Å². The van der Waals surface area contributed by atoms with Gasteiger partial charge >= 0.3 is 0 Å². The molecule has 1 fully saturated rings. The van der Waals surface area contributed by atoms with Gasteiger partial charge in [-0.2, -0.15) is 0 Å². The zero-order valence-corrected chi connectivity index (χ0v) is 5.05. The van der Waals surface area contributed by atoms with Crippen molar-refractivity contribution in [3.63, 3.8) is 0 Å². The molecule has 0 spiro atoms. The molecule has 0 unspecified atom stereocenters. The van der Waals surface area contributed by atoms with Crippen molar-refractivity contribution in [1.82, 2.24) is 0 Å². The first-order valence-electron chi connectivity index (χ1n) is 2.74. The SMILES string of the molecule is CCC1(O)OC(C)O1. The van der Waals surface area contributed by atoms with Crippen molar-refractivity contribution in [3.05, 3.63) is 0 Å². The number of aliphatic hydroxyl groups is 1. The molecular weight excluding hydrogens is 108 g/mol. The molecule has 1 aliphatic rings. The molecule has 0 atom stereocenters. The molecule has 0 radical (unpaired) electrons. The summed E-state index contributed by atoms with van der Waals surface area (Å²) in [5.41, 5.74) is 0. The van der Waals surface area contributed by atoms with E-state index in [9.17, 15) is 0 Å². The van der Waals surface area contributed by atoms with Gasteiger partial charge in [0.2, 0.25) is 0 Å². The van der Waals surface area contributed by atoms with Crippen LogP contribution in [0.25, 0.3) is 0 Å². The highest BCUT2D eigenvalue weighted by Gasteiger charge is 2.41. The standard InChI is InChI=1S/C5H10O3/c1-3-5(6)7-4(2)8-5/h4,6H,3H2,1-2H3. The lowest BCUT2D eigenvalue weighted by Gasteiger charge is -2.40. The molecule has 0 aromatic carbocycles. The Morgan fingerprint density at radius 1 is 1.62 bits per heavy atom. The highest BCUT2D eigenvalue weighted by molar-refractivity contribution is 4.59. The third-order valence-electron chi connectivity index (χ3n) is 1.15. The first-order valence-corrected chi connectivity index (χ1v) is 2.74. The third-order valence-corrected chi connectivity index (χ3v) is 1.15. The molecule has 1 saturated heterocycles. The van der Waals surface area contributed by atoms with E-state index < -0.39 is 5.97 Å². The van der Waals surface area contributed by atoms with Crippen molar-refractivity contribution in [2.24, 2.45) is 0 Å². The minimum atomic E-state index is -1.26. The van der Waals surface area contributed by atoms with Crippen molar-refractivity contribution in [2.75, 3.05) is 0 Å². The normalized spacial score (nSPS) is 46.1. The summed E-state index contributed by atoms with van der Waals surface area (Å²) in [6, 6.07) is 0. The van der Waals surface area contributed by atoms with Crippen LogP contribution in [-0.4, -0.2) is 17.4 Å². The molecule has 1 rings (SSSR count). The number of hydrogen-bond acceptors (Lipinski definition) is 3. The fraction of sp³-hybridized carbons (Fsp3) is 1.00. The first-order chi connectivity index (χ1) is 3.66. The van der Waals surface area contributed by atoms with Gasteiger partial charge in [-0.05, 0) is 6.92 Å². The Labute approximate surface area is 48.2 Å². The van der Waals surface area contributed by atoms with Gasteiger partial charge in [0, 0.05) is 6.42 Å². The van der Waals surface area contributed by atoms with Gasteiger partial charge in [0.1, 0.15) is 0 Å². The van der Waals surface area contributed by atoms with Gasteiger partial charge in [-0.1, -0.05) is 6.92 Å². The van der Waals surface area contributed by atoms with Crippen LogP contribution in [0.4, 0.5) is 0 Å². The summed E-state index contributed by atoms with van der Waals surface area (Å²) < 4.78 is 9.62. The maximum Gasteiger partial charge on any atom is 0.284 e. The molecule has 0 amide bonds. The van der Waals surface area contributed by atoms with E-state index in [4.69, 9.17) is 14.6 Å². The lowest BCUT2D eigenvalue weighted by Crippen LogP contribution is -2.51. The number of ether oxygens (including phenoxy) is 2. The van der Waals surface area contributed by atoms with Crippen molar-refractivity contribution < 1.29 is 14.6 Å². The fourth-order valence-corrected chi connectivity index (χ4v) is 0.694. The Balaban J connectivity index is 2.30. The molecule has 0 bridgehead atoms. The van der Waals surface area contributed by atoms with Crippen molar-refractivity contribution in [1.29, 1.82) is 0 Å². The van der Waals surface area contributed by atoms with E-state index in [0.717, 1.165) is 0 Å². The van der Waals surface area contributed by atoms with E-state index in [2.05, 4.69) is 0 Å². The summed E-state index contributed by atoms with van der Waals surface area (Å²) in [6.07, 6.45) is 0.247. The van der Waals surface area contributed by atoms with Gasteiger partial charge < -0.3 is 5.11 Å². The topological polar surface area (TPSA) is 38.7 Å². The fourth-order valence-electron chi connectivity index (χ4n) is 0.694. The maximum absolute atomic E-state index is 8.94. The van der Waals surface area contributed by atoms with Crippen LogP contribution in [0.2, 0.25) is 0 Å². The van der Waals surface area contributed by atoms with Crippen molar-refractivity contribution in [2.45, 2.75) is 32.5 Å². The summed E-state index contributed by atoms with van der Waals surface area (Å²) in [5.74, 6) is -1.26. The van der Waals surface area contributed by atoms with Gasteiger partial charge in [0.05, 0.1) is 0 Å². The van der Waals surface area contributed by atoms with Crippen LogP contribution >= 0.6 is 0 Å². The summed E-state index contributed by atoms with van der Waals surface area (Å²) in [5, 5.41) is 8.94. The highest BCUT2D eigenvalue weighted by atomic mass is 17.0. The highest BCUT2D eigenvalue weighted by Crippen LogP contribution is 2.28. The van der Waals surface area contributed by atoms with Gasteiger partial charge in [-0.3, -0.25) is 9.47 Å². The molecule has 0 saturated carbocycles. The zero-order chi connectivity index (χ0) is 6.20. The molecule has 48 valence electrons. The van der Waals surface area contributed by atoms with Crippen LogP contribution in [0.1, 0.15) is 20.3 Å². The molecule has 0 aromatic rings. The van der Waals surface area contributed by atoms with Gasteiger partial charge in [-0.25, -0.2) is 0 Å². The van der Waals surface area contributed by atoms with Crippen LogP contribution < -0.4 is 0 Å². The monoisotopic (exact) mass is 118 g/mol. The molecule has 3 nitrogen and oxygen atoms in total. The molecule has 3 heteroatoms. The minimum Gasteiger partial charge on any atom is -0.343 e. The predicted molar refractivity (Wildman–Crippen MR) is 26.9 cm³/mol. The van der Waals surface area contributed by atoms with E-state index in [1.807, 2.05) is 0 Å². The molecule has 8 heavy (non-hydrogen) atoms. The maximum atomic E-state index is 8.94. The third kappa shape index (κ3) is 0.844. The van der Waals surface area contributed by atoms with Crippen LogP contribution in [0.3, 0.4) is 0 Å². The summed E-state index contributed by atoms with van der Waals surface area (Å²) in [6.45, 7) is 3.54. The summed E-state index contributed by atoms with van der Waals surface area (Å²) >= 11 is 0. The minimum absolute atomic E-state index is 0.236. The largest absolute Gasteiger partial charge is 0.343 e. The molecule has 1 heterocycles. The Bertz CT molecular complexity index is 85.7. The Hall–Kier alpha value is -0.120. The number of hydrogen-bond donors (Lipinski definition) is 1. The zero-order valence-electron chi connectivity index (χ0n) is 5.05. The average Bonchev–Trinajstić information content (AvgIpc) is 1.63. The summed E-state index contributed by atoms with van der Waals surface area (Å²) in [7, 11) is 0. The van der Waals surface area contributed by atoms with Gasteiger partial charge in [0.15, 0.2) is 6.29 Å². The average molecular weight is 118 g/mol. The van der Waals surface area contributed by atoms with E-state index in [1.165, 1.54) is 0 Å². The molecule has 0 aliphatic carbocycles. The van der Waals surface area contributed by atoms with Crippen LogP contribution in [0, 0.1) is 0 Å².